The van der Waals surface area contributed by atoms with E-state index >= 15 is 0 Å². The van der Waals surface area contributed by atoms with Gasteiger partial charge in [0.2, 0.25) is 0 Å². The molecule has 0 atom stereocenters. The second-order valence-electron chi connectivity index (χ2n) is 3.26. The largest absolute Gasteiger partial charge is 0.486 e. The lowest BCUT2D eigenvalue weighted by molar-refractivity contribution is -0.120. The number of Topliss-reactive ketones (excluding diaryl/α,β-unsaturated/α-hetero) is 2. The maximum atomic E-state index is 11.1. The molecule has 1 rings (SSSR count). The molecular weight excluding hydrogens is 192 g/mol. The third-order valence-corrected chi connectivity index (χ3v) is 2.03. The van der Waals surface area contributed by atoms with E-state index in [9.17, 15) is 9.59 Å². The van der Waals surface area contributed by atoms with Gasteiger partial charge in [0.05, 0.1) is 0 Å². The van der Waals surface area contributed by atoms with Crippen LogP contribution in [0, 0.1) is 0 Å². The van der Waals surface area contributed by atoms with Crippen molar-refractivity contribution < 1.29 is 14.3 Å². The van der Waals surface area contributed by atoms with E-state index in [1.165, 1.54) is 6.92 Å². The van der Waals surface area contributed by atoms with Gasteiger partial charge >= 0.3 is 0 Å². The molecule has 0 aromatic heterocycles. The number of ether oxygens (including phenoxy) is 1. The second-order valence-corrected chi connectivity index (χ2v) is 3.26. The maximum Gasteiger partial charge on any atom is 0.169 e. The Balaban J connectivity index is 2.66. The molecule has 0 aliphatic heterocycles. The topological polar surface area (TPSA) is 43.4 Å². The zero-order chi connectivity index (χ0) is 11.3. The molecule has 3 heteroatoms. The van der Waals surface area contributed by atoms with Gasteiger partial charge in [0.15, 0.2) is 11.6 Å². The number of hydrogen-bond acceptors (Lipinski definition) is 3. The predicted octanol–water partition coefficient (Wildman–Crippen LogP) is 2.25. The Labute approximate surface area is 89.1 Å². The van der Waals surface area contributed by atoms with Crippen LogP contribution in [0.1, 0.15) is 30.6 Å². The van der Waals surface area contributed by atoms with Crippen molar-refractivity contribution in [3.05, 3.63) is 29.8 Å². The number of carbonyl (C=O) groups excluding carboxylic acids is 2. The molecule has 15 heavy (non-hydrogen) atoms. The van der Waals surface area contributed by atoms with Crippen molar-refractivity contribution in [2.24, 2.45) is 0 Å². The first-order valence-corrected chi connectivity index (χ1v) is 4.89. The number of rotatable bonds is 5. The van der Waals surface area contributed by atoms with E-state index in [-0.39, 0.29) is 18.2 Å². The number of benzene rings is 1. The van der Waals surface area contributed by atoms with Crippen LogP contribution >= 0.6 is 0 Å². The summed E-state index contributed by atoms with van der Waals surface area (Å²) in [6.07, 6.45) is 0.465. The summed E-state index contributed by atoms with van der Waals surface area (Å²) in [4.78, 5) is 22.1. The molecule has 3 nitrogen and oxygen atoms in total. The quantitative estimate of drug-likeness (QED) is 0.694. The molecule has 0 aliphatic carbocycles. The normalized spacial score (nSPS) is 9.73. The van der Waals surface area contributed by atoms with Crippen LogP contribution in [-0.4, -0.2) is 18.2 Å². The lowest BCUT2D eigenvalue weighted by Gasteiger charge is -2.05. The van der Waals surface area contributed by atoms with E-state index < -0.39 is 0 Å². The number of hydrogen-bond donors (Lipinski definition) is 0. The molecular formula is C12H14O3. The van der Waals surface area contributed by atoms with Crippen LogP contribution in [-0.2, 0) is 4.79 Å². The molecule has 0 bridgehead atoms. The molecule has 0 fully saturated rings. The Kier molecular flexibility index (Phi) is 4.03. The molecule has 0 saturated carbocycles. The molecule has 80 valence electrons. The van der Waals surface area contributed by atoms with Gasteiger partial charge in [0, 0.05) is 12.0 Å². The summed E-state index contributed by atoms with van der Waals surface area (Å²) in [5.74, 6) is 0.593. The molecule has 0 saturated heterocycles. The fourth-order valence-corrected chi connectivity index (χ4v) is 1.07. The number of ketones is 2. The lowest BCUT2D eigenvalue weighted by Crippen LogP contribution is -2.09. The van der Waals surface area contributed by atoms with Gasteiger partial charge in [-0.1, -0.05) is 19.1 Å². The highest BCUT2D eigenvalue weighted by Crippen LogP contribution is 2.13. The summed E-state index contributed by atoms with van der Waals surface area (Å²) in [5.41, 5.74) is 0.594. The molecule has 0 unspecified atom stereocenters. The predicted molar refractivity (Wildman–Crippen MR) is 57.2 cm³/mol. The fourth-order valence-electron chi connectivity index (χ4n) is 1.07. The minimum Gasteiger partial charge on any atom is -0.486 e. The highest BCUT2D eigenvalue weighted by molar-refractivity contribution is 5.94. The molecule has 0 aliphatic rings. The fraction of sp³-hybridized carbons (Fsp3) is 0.333. The van der Waals surface area contributed by atoms with Crippen LogP contribution < -0.4 is 4.74 Å². The summed E-state index contributed by atoms with van der Waals surface area (Å²) in [7, 11) is 0. The Morgan fingerprint density at radius 3 is 2.67 bits per heavy atom. The zero-order valence-electron chi connectivity index (χ0n) is 8.95. The van der Waals surface area contributed by atoms with Gasteiger partial charge in [-0.25, -0.2) is 0 Å². The van der Waals surface area contributed by atoms with Gasteiger partial charge in [-0.15, -0.1) is 0 Å². The number of carbonyl (C=O) groups is 2. The van der Waals surface area contributed by atoms with Gasteiger partial charge in [0.1, 0.15) is 12.4 Å². The van der Waals surface area contributed by atoms with Crippen molar-refractivity contribution in [2.75, 3.05) is 6.61 Å². The SMILES string of the molecule is CCC(=O)COc1cccc(C(C)=O)c1. The molecule has 0 heterocycles. The van der Waals surface area contributed by atoms with Crippen LogP contribution in [0.4, 0.5) is 0 Å². The van der Waals surface area contributed by atoms with E-state index in [0.29, 0.717) is 17.7 Å². The van der Waals surface area contributed by atoms with Gasteiger partial charge in [-0.05, 0) is 19.1 Å². The second kappa shape index (κ2) is 5.29. The minimum absolute atomic E-state index is 0.0118. The van der Waals surface area contributed by atoms with Crippen LogP contribution in [0.3, 0.4) is 0 Å². The zero-order valence-corrected chi connectivity index (χ0v) is 8.95. The highest BCUT2D eigenvalue weighted by Gasteiger charge is 2.03. The van der Waals surface area contributed by atoms with Crippen molar-refractivity contribution in [1.82, 2.24) is 0 Å². The first-order valence-electron chi connectivity index (χ1n) is 4.89. The Hall–Kier alpha value is -1.64. The Morgan fingerprint density at radius 2 is 2.07 bits per heavy atom. The summed E-state index contributed by atoms with van der Waals surface area (Å²) in [6.45, 7) is 3.35. The molecule has 0 N–H and O–H groups in total. The summed E-state index contributed by atoms with van der Waals surface area (Å²) < 4.78 is 5.25. The van der Waals surface area contributed by atoms with Gasteiger partial charge in [-0.2, -0.15) is 0 Å². The smallest absolute Gasteiger partial charge is 0.169 e. The standard InChI is InChI=1S/C12H14O3/c1-3-11(14)8-15-12-6-4-5-10(7-12)9(2)13/h4-7H,3,8H2,1-2H3. The van der Waals surface area contributed by atoms with Crippen molar-refractivity contribution in [1.29, 1.82) is 0 Å². The molecule has 0 amide bonds. The van der Waals surface area contributed by atoms with E-state index in [0.717, 1.165) is 0 Å². The molecule has 1 aromatic rings. The van der Waals surface area contributed by atoms with E-state index in [1.54, 1.807) is 31.2 Å². The highest BCUT2D eigenvalue weighted by atomic mass is 16.5. The van der Waals surface area contributed by atoms with E-state index in [1.807, 2.05) is 0 Å². The molecule has 0 radical (unpaired) electrons. The van der Waals surface area contributed by atoms with Crippen LogP contribution in [0.25, 0.3) is 0 Å². The average Bonchev–Trinajstić information content (AvgIpc) is 2.26. The van der Waals surface area contributed by atoms with Crippen molar-refractivity contribution in [3.63, 3.8) is 0 Å². The summed E-state index contributed by atoms with van der Waals surface area (Å²) >= 11 is 0. The van der Waals surface area contributed by atoms with E-state index in [2.05, 4.69) is 0 Å². The minimum atomic E-state index is -0.0118. The first kappa shape index (κ1) is 11.4. The van der Waals surface area contributed by atoms with Crippen molar-refractivity contribution in [2.45, 2.75) is 20.3 Å². The van der Waals surface area contributed by atoms with Crippen LogP contribution in [0.15, 0.2) is 24.3 Å². The van der Waals surface area contributed by atoms with Crippen LogP contribution in [0.5, 0.6) is 5.75 Å². The van der Waals surface area contributed by atoms with Crippen LogP contribution in [0.2, 0.25) is 0 Å². The van der Waals surface area contributed by atoms with E-state index in [4.69, 9.17) is 4.74 Å². The third-order valence-electron chi connectivity index (χ3n) is 2.03. The van der Waals surface area contributed by atoms with Crippen molar-refractivity contribution >= 4 is 11.6 Å². The molecule has 1 aromatic carbocycles. The first-order chi connectivity index (χ1) is 7.13. The lowest BCUT2D eigenvalue weighted by atomic mass is 10.1. The average molecular weight is 206 g/mol. The maximum absolute atomic E-state index is 11.1. The van der Waals surface area contributed by atoms with Crippen molar-refractivity contribution in [3.8, 4) is 5.75 Å². The third kappa shape index (κ3) is 3.54. The Bertz CT molecular complexity index is 369. The molecule has 0 spiro atoms. The van der Waals surface area contributed by atoms with Gasteiger partial charge < -0.3 is 4.74 Å². The summed E-state index contributed by atoms with van der Waals surface area (Å²) in [6, 6.07) is 6.83. The summed E-state index contributed by atoms with van der Waals surface area (Å²) in [5, 5.41) is 0. The Morgan fingerprint density at radius 1 is 1.33 bits per heavy atom. The van der Waals surface area contributed by atoms with Gasteiger partial charge in [0.25, 0.3) is 0 Å². The monoisotopic (exact) mass is 206 g/mol. The van der Waals surface area contributed by atoms with Gasteiger partial charge in [-0.3, -0.25) is 9.59 Å².